The van der Waals surface area contributed by atoms with Crippen molar-refractivity contribution in [2.45, 2.75) is 4.90 Å². The highest BCUT2D eigenvalue weighted by Gasteiger charge is 2.34. The van der Waals surface area contributed by atoms with Gasteiger partial charge in [-0.3, -0.25) is 0 Å². The van der Waals surface area contributed by atoms with Gasteiger partial charge in [-0.25, -0.2) is 26.7 Å². The van der Waals surface area contributed by atoms with E-state index in [1.807, 2.05) is 0 Å². The maximum Gasteiger partial charge on any atom is 0.238 e. The first-order valence-electron chi connectivity index (χ1n) is 7.75. The van der Waals surface area contributed by atoms with Gasteiger partial charge in [-0.2, -0.15) is 0 Å². The van der Waals surface area contributed by atoms with Crippen LogP contribution in [0.15, 0.2) is 65.6 Å². The lowest BCUT2D eigenvalue weighted by atomic mass is 9.93. The quantitative estimate of drug-likeness (QED) is 0.857. The molecule has 1 aliphatic carbocycles. The zero-order valence-electron chi connectivity index (χ0n) is 13.6. The number of rotatable bonds is 5. The van der Waals surface area contributed by atoms with Gasteiger partial charge in [-0.05, 0) is 46.5 Å². The maximum absolute atomic E-state index is 13.5. The van der Waals surface area contributed by atoms with E-state index in [1.165, 1.54) is 60.7 Å². The minimum Gasteiger partial charge on any atom is -0.250 e. The average Bonchev–Trinajstić information content (AvgIpc) is 3.02. The molecule has 0 radical (unpaired) electrons. The summed E-state index contributed by atoms with van der Waals surface area (Å²) in [6, 6.07) is 11.3. The number of benzene rings is 2. The molecule has 0 heterocycles. The summed E-state index contributed by atoms with van der Waals surface area (Å²) in [4.78, 5) is -0.0607. The molecule has 3 nitrogen and oxygen atoms in total. The van der Waals surface area contributed by atoms with Crippen molar-refractivity contribution in [3.8, 4) is 0 Å². The molecule has 0 spiro atoms. The molecule has 0 aliphatic heterocycles. The van der Waals surface area contributed by atoms with Crippen LogP contribution < -0.4 is 5.14 Å². The van der Waals surface area contributed by atoms with Crippen molar-refractivity contribution in [3.63, 3.8) is 0 Å². The lowest BCUT2D eigenvalue weighted by Gasteiger charge is -2.15. The van der Waals surface area contributed by atoms with E-state index >= 15 is 0 Å². The predicted octanol–water partition coefficient (Wildman–Crippen LogP) is 3.88. The number of primary sulfonamides is 1. The molecule has 0 aromatic heterocycles. The second-order valence-electron chi connectivity index (χ2n) is 6.19. The molecule has 26 heavy (non-hydrogen) atoms. The summed E-state index contributed by atoms with van der Waals surface area (Å²) in [5.74, 6) is -0.419. The van der Waals surface area contributed by atoms with Crippen molar-refractivity contribution in [1.29, 1.82) is 0 Å². The van der Waals surface area contributed by atoms with Gasteiger partial charge in [0.2, 0.25) is 10.0 Å². The fourth-order valence-corrected chi connectivity index (χ4v) is 3.41. The van der Waals surface area contributed by atoms with E-state index in [0.29, 0.717) is 22.3 Å². The number of halogens is 3. The Hall–Kier alpha value is -2.38. The molecule has 136 valence electrons. The molecule has 0 saturated heterocycles. The fourth-order valence-electron chi connectivity index (χ4n) is 2.89. The molecule has 2 aromatic carbocycles. The molecule has 1 aliphatic rings. The second kappa shape index (κ2) is 6.74. The van der Waals surface area contributed by atoms with Gasteiger partial charge < -0.3 is 0 Å². The lowest BCUT2D eigenvalue weighted by molar-refractivity contribution is 0.265. The van der Waals surface area contributed by atoms with Crippen molar-refractivity contribution in [1.82, 2.24) is 0 Å². The van der Waals surface area contributed by atoms with Crippen LogP contribution in [0.2, 0.25) is 0 Å². The van der Waals surface area contributed by atoms with Gasteiger partial charge in [0.05, 0.1) is 10.3 Å². The zero-order chi connectivity index (χ0) is 18.9. The Morgan fingerprint density at radius 3 is 1.62 bits per heavy atom. The molecule has 0 saturated carbocycles. The normalized spacial score (nSPS) is 16.3. The summed E-state index contributed by atoms with van der Waals surface area (Å²) in [7, 11) is -3.84. The highest BCUT2D eigenvalue weighted by Crippen LogP contribution is 2.44. The van der Waals surface area contributed by atoms with Crippen molar-refractivity contribution >= 4 is 21.2 Å². The summed E-state index contributed by atoms with van der Waals surface area (Å²) in [6.45, 7) is -1.85. The monoisotopic (exact) mass is 379 g/mol. The largest absolute Gasteiger partial charge is 0.250 e. The molecule has 0 amide bonds. The lowest BCUT2D eigenvalue weighted by Crippen LogP contribution is -2.18. The topological polar surface area (TPSA) is 60.2 Å². The van der Waals surface area contributed by atoms with Crippen LogP contribution in [-0.4, -0.2) is 21.8 Å². The van der Waals surface area contributed by atoms with Gasteiger partial charge in [0.15, 0.2) is 0 Å². The predicted molar refractivity (Wildman–Crippen MR) is 94.6 cm³/mol. The molecule has 0 bridgehead atoms. The number of nitrogens with two attached hydrogens (primary N) is 1. The van der Waals surface area contributed by atoms with Crippen LogP contribution >= 0.6 is 0 Å². The average molecular weight is 379 g/mol. The Kier molecular flexibility index (Phi) is 4.77. The molecule has 0 unspecified atom stereocenters. The van der Waals surface area contributed by atoms with Gasteiger partial charge in [-0.1, -0.05) is 36.4 Å². The smallest absolute Gasteiger partial charge is 0.238 e. The molecular weight excluding hydrogens is 363 g/mol. The van der Waals surface area contributed by atoms with E-state index in [-0.39, 0.29) is 4.90 Å². The second-order valence-corrected chi connectivity index (χ2v) is 7.75. The standard InChI is InChI=1S/C19H16F3NO2S/c20-11-19(12-21)9-17(13-1-5-15(22)6-2-13)18(10-19)14-3-7-16(8-4-14)26(23,24)25/h1-10H,11-12H2,(H2,23,24,25). The SMILES string of the molecule is NS(=O)(=O)c1ccc(C2=CC(CF)(CF)C=C2c2ccc(F)cc2)cc1. The van der Waals surface area contributed by atoms with Crippen LogP contribution in [0, 0.1) is 11.2 Å². The Balaban J connectivity index is 2.10. The first-order chi connectivity index (χ1) is 12.3. The van der Waals surface area contributed by atoms with Gasteiger partial charge >= 0.3 is 0 Å². The molecule has 2 N–H and O–H groups in total. The van der Waals surface area contributed by atoms with Crippen LogP contribution in [0.5, 0.6) is 0 Å². The summed E-state index contributed by atoms with van der Waals surface area (Å²) < 4.78 is 63.1. The highest BCUT2D eigenvalue weighted by molar-refractivity contribution is 7.89. The first kappa shape index (κ1) is 18.4. The number of allylic oxidation sites excluding steroid dienone is 4. The van der Waals surface area contributed by atoms with E-state index in [0.717, 1.165) is 0 Å². The maximum atomic E-state index is 13.5. The summed E-state index contributed by atoms with van der Waals surface area (Å²) >= 11 is 0. The number of hydrogen-bond donors (Lipinski definition) is 1. The zero-order valence-corrected chi connectivity index (χ0v) is 14.4. The minimum atomic E-state index is -3.84. The van der Waals surface area contributed by atoms with E-state index in [9.17, 15) is 21.6 Å². The third kappa shape index (κ3) is 3.45. The molecule has 2 aromatic rings. The minimum absolute atomic E-state index is 0.0607. The third-order valence-corrected chi connectivity index (χ3v) is 5.23. The molecule has 3 rings (SSSR count). The molecular formula is C19H16F3NO2S. The van der Waals surface area contributed by atoms with E-state index in [1.54, 1.807) is 0 Å². The van der Waals surface area contributed by atoms with Crippen molar-refractivity contribution < 1.29 is 21.6 Å². The van der Waals surface area contributed by atoms with Crippen LogP contribution in [0.1, 0.15) is 11.1 Å². The van der Waals surface area contributed by atoms with E-state index in [2.05, 4.69) is 0 Å². The number of sulfonamides is 1. The van der Waals surface area contributed by atoms with Crippen LogP contribution in [0.3, 0.4) is 0 Å². The van der Waals surface area contributed by atoms with Crippen LogP contribution in [0.25, 0.3) is 11.1 Å². The third-order valence-electron chi connectivity index (χ3n) is 4.30. The van der Waals surface area contributed by atoms with Crippen LogP contribution in [-0.2, 0) is 10.0 Å². The van der Waals surface area contributed by atoms with Gasteiger partial charge in [0.25, 0.3) is 0 Å². The van der Waals surface area contributed by atoms with Crippen molar-refractivity contribution in [2.75, 3.05) is 13.3 Å². The molecule has 7 heteroatoms. The summed E-state index contributed by atoms with van der Waals surface area (Å²) in [6.07, 6.45) is 2.97. The van der Waals surface area contributed by atoms with Crippen molar-refractivity contribution in [2.24, 2.45) is 10.6 Å². The van der Waals surface area contributed by atoms with Gasteiger partial charge in [0.1, 0.15) is 19.2 Å². The fraction of sp³-hybridized carbons (Fsp3) is 0.158. The van der Waals surface area contributed by atoms with Gasteiger partial charge in [0, 0.05) is 0 Å². The Bertz CT molecular complexity index is 974. The summed E-state index contributed by atoms with van der Waals surface area (Å²) in [5.41, 5.74) is 0.905. The van der Waals surface area contributed by atoms with E-state index in [4.69, 9.17) is 5.14 Å². The Labute approximate surface area is 149 Å². The Morgan fingerprint density at radius 1 is 0.808 bits per heavy atom. The van der Waals surface area contributed by atoms with E-state index < -0.39 is 34.6 Å². The van der Waals surface area contributed by atoms with Gasteiger partial charge in [-0.15, -0.1) is 0 Å². The Morgan fingerprint density at radius 2 is 1.23 bits per heavy atom. The number of hydrogen-bond acceptors (Lipinski definition) is 2. The van der Waals surface area contributed by atoms with Crippen molar-refractivity contribution in [3.05, 3.63) is 77.6 Å². The molecule has 0 fully saturated rings. The number of alkyl halides is 2. The molecule has 0 atom stereocenters. The first-order valence-corrected chi connectivity index (χ1v) is 9.30. The highest BCUT2D eigenvalue weighted by atomic mass is 32.2. The summed E-state index contributed by atoms with van der Waals surface area (Å²) in [5, 5.41) is 5.09. The van der Waals surface area contributed by atoms with Crippen LogP contribution in [0.4, 0.5) is 13.2 Å².